The van der Waals surface area contributed by atoms with Crippen LogP contribution >= 0.6 is 0 Å². The van der Waals surface area contributed by atoms with Gasteiger partial charge in [-0.1, -0.05) is 29.8 Å². The first-order chi connectivity index (χ1) is 14.7. The molecule has 30 heavy (non-hydrogen) atoms. The number of piperazine rings is 1. The molecule has 6 nitrogen and oxygen atoms in total. The van der Waals surface area contributed by atoms with Crippen LogP contribution in [0.5, 0.6) is 5.75 Å². The molecule has 0 N–H and O–H groups in total. The van der Waals surface area contributed by atoms with Crippen molar-refractivity contribution >= 4 is 0 Å². The number of aromatic nitrogens is 2. The summed E-state index contributed by atoms with van der Waals surface area (Å²) in [7, 11) is 0. The molecule has 2 aliphatic rings. The van der Waals surface area contributed by atoms with Crippen molar-refractivity contribution in [3.8, 4) is 17.2 Å². The van der Waals surface area contributed by atoms with Crippen LogP contribution in [0.4, 0.5) is 0 Å². The van der Waals surface area contributed by atoms with Gasteiger partial charge in [-0.2, -0.15) is 0 Å². The van der Waals surface area contributed by atoms with Crippen LogP contribution in [0.2, 0.25) is 0 Å². The third-order valence-corrected chi connectivity index (χ3v) is 6.18. The highest BCUT2D eigenvalue weighted by molar-refractivity contribution is 5.53. The van der Waals surface area contributed by atoms with Gasteiger partial charge in [0.25, 0.3) is 0 Å². The lowest BCUT2D eigenvalue weighted by atomic mass is 10.1. The first kappa shape index (κ1) is 19.3. The summed E-state index contributed by atoms with van der Waals surface area (Å²) >= 11 is 0. The summed E-state index contributed by atoms with van der Waals surface area (Å²) in [4.78, 5) is 4.95. The van der Waals surface area contributed by atoms with Gasteiger partial charge >= 0.3 is 0 Å². The second kappa shape index (κ2) is 8.20. The standard InChI is InChI=1S/C24H28N4O2/c1-17-4-3-5-21(14-17)24-26-25-23(30-24)18(2)28-11-9-27(10-12-28)16-19-6-7-22-20(15-19)8-13-29-22/h3-7,14-15,18H,8-13,16H2,1-2H3/t18-/m1/s1. The monoisotopic (exact) mass is 404 g/mol. The normalized spacial score (nSPS) is 18.2. The Bertz CT molecular complexity index is 1020. The van der Waals surface area contributed by atoms with E-state index < -0.39 is 0 Å². The molecule has 0 spiro atoms. The third-order valence-electron chi connectivity index (χ3n) is 6.18. The van der Waals surface area contributed by atoms with Gasteiger partial charge in [-0.05, 0) is 43.2 Å². The van der Waals surface area contributed by atoms with Gasteiger partial charge in [0.05, 0.1) is 12.6 Å². The van der Waals surface area contributed by atoms with Crippen LogP contribution in [0.15, 0.2) is 46.9 Å². The molecule has 3 heterocycles. The summed E-state index contributed by atoms with van der Waals surface area (Å²) in [6, 6.07) is 14.9. The van der Waals surface area contributed by atoms with E-state index in [-0.39, 0.29) is 6.04 Å². The molecule has 2 aromatic carbocycles. The first-order valence-corrected chi connectivity index (χ1v) is 10.8. The van der Waals surface area contributed by atoms with E-state index in [1.807, 2.05) is 12.1 Å². The smallest absolute Gasteiger partial charge is 0.247 e. The number of hydrogen-bond donors (Lipinski definition) is 0. The zero-order chi connectivity index (χ0) is 20.5. The molecule has 1 fully saturated rings. The molecule has 0 unspecified atom stereocenters. The maximum Gasteiger partial charge on any atom is 0.247 e. The zero-order valence-electron chi connectivity index (χ0n) is 17.7. The van der Waals surface area contributed by atoms with Crippen LogP contribution in [0.25, 0.3) is 11.5 Å². The van der Waals surface area contributed by atoms with Crippen molar-refractivity contribution in [3.05, 3.63) is 65.0 Å². The van der Waals surface area contributed by atoms with E-state index in [9.17, 15) is 0 Å². The molecule has 1 aromatic heterocycles. The summed E-state index contributed by atoms with van der Waals surface area (Å²) in [6.07, 6.45) is 1.03. The highest BCUT2D eigenvalue weighted by atomic mass is 16.5. The van der Waals surface area contributed by atoms with Crippen LogP contribution in [-0.4, -0.2) is 52.8 Å². The molecule has 156 valence electrons. The number of ether oxygens (including phenoxy) is 1. The number of nitrogens with zero attached hydrogens (tertiary/aromatic N) is 4. The van der Waals surface area contributed by atoms with Crippen molar-refractivity contribution in [3.63, 3.8) is 0 Å². The molecule has 3 aromatic rings. The van der Waals surface area contributed by atoms with E-state index in [4.69, 9.17) is 9.15 Å². The Kier molecular flexibility index (Phi) is 5.27. The van der Waals surface area contributed by atoms with Crippen molar-refractivity contribution in [2.24, 2.45) is 0 Å². The lowest BCUT2D eigenvalue weighted by molar-refractivity contribution is 0.0876. The number of fused-ring (bicyclic) bond motifs is 1. The fourth-order valence-corrected chi connectivity index (χ4v) is 4.36. The lowest BCUT2D eigenvalue weighted by Gasteiger charge is -2.36. The van der Waals surface area contributed by atoms with Crippen LogP contribution in [0, 0.1) is 6.92 Å². The fraction of sp³-hybridized carbons (Fsp3) is 0.417. The summed E-state index contributed by atoms with van der Waals surface area (Å²) in [6.45, 7) is 10.1. The van der Waals surface area contributed by atoms with E-state index in [0.717, 1.165) is 57.1 Å². The maximum absolute atomic E-state index is 6.02. The van der Waals surface area contributed by atoms with Crippen LogP contribution < -0.4 is 4.74 Å². The largest absolute Gasteiger partial charge is 0.493 e. The van der Waals surface area contributed by atoms with Crippen molar-refractivity contribution in [1.29, 1.82) is 0 Å². The highest BCUT2D eigenvalue weighted by Crippen LogP contribution is 2.28. The molecule has 0 aliphatic carbocycles. The fourth-order valence-electron chi connectivity index (χ4n) is 4.36. The van der Waals surface area contributed by atoms with Gasteiger partial charge < -0.3 is 9.15 Å². The zero-order valence-corrected chi connectivity index (χ0v) is 17.7. The molecule has 5 rings (SSSR count). The summed E-state index contributed by atoms with van der Waals surface area (Å²) in [5.41, 5.74) is 4.89. The number of aryl methyl sites for hydroxylation is 1. The van der Waals surface area contributed by atoms with Gasteiger partial charge in [0.2, 0.25) is 11.8 Å². The van der Waals surface area contributed by atoms with E-state index in [1.165, 1.54) is 16.7 Å². The van der Waals surface area contributed by atoms with Gasteiger partial charge in [0.1, 0.15) is 5.75 Å². The topological polar surface area (TPSA) is 54.6 Å². The number of hydrogen-bond acceptors (Lipinski definition) is 6. The SMILES string of the molecule is Cc1cccc(-c2nnc([C@@H](C)N3CCN(Cc4ccc5c(c4)CCO5)CC3)o2)c1. The lowest BCUT2D eigenvalue weighted by Crippen LogP contribution is -2.46. The average Bonchev–Trinajstić information content (AvgIpc) is 3.43. The van der Waals surface area contributed by atoms with Crippen molar-refractivity contribution < 1.29 is 9.15 Å². The third kappa shape index (κ3) is 3.98. The summed E-state index contributed by atoms with van der Waals surface area (Å²) in [5, 5.41) is 8.61. The minimum Gasteiger partial charge on any atom is -0.493 e. The Morgan fingerprint density at radius 2 is 1.90 bits per heavy atom. The minimum absolute atomic E-state index is 0.121. The molecule has 0 radical (unpaired) electrons. The second-order valence-electron chi connectivity index (χ2n) is 8.34. The molecule has 6 heteroatoms. The molecule has 0 amide bonds. The average molecular weight is 405 g/mol. The summed E-state index contributed by atoms with van der Waals surface area (Å²) < 4.78 is 11.6. The van der Waals surface area contributed by atoms with E-state index in [0.29, 0.717) is 11.8 Å². The maximum atomic E-state index is 6.02. The number of benzene rings is 2. The molecular formula is C24H28N4O2. The molecule has 1 atom stereocenters. The van der Waals surface area contributed by atoms with E-state index >= 15 is 0 Å². The Morgan fingerprint density at radius 1 is 1.03 bits per heavy atom. The van der Waals surface area contributed by atoms with Crippen LogP contribution in [0.3, 0.4) is 0 Å². The van der Waals surface area contributed by atoms with Gasteiger partial charge in [0, 0.05) is 44.7 Å². The predicted molar refractivity (Wildman–Crippen MR) is 115 cm³/mol. The first-order valence-electron chi connectivity index (χ1n) is 10.8. The molecule has 0 bridgehead atoms. The molecule has 0 saturated carbocycles. The van der Waals surface area contributed by atoms with Gasteiger partial charge in [-0.25, -0.2) is 0 Å². The predicted octanol–water partition coefficient (Wildman–Crippen LogP) is 3.86. The number of rotatable bonds is 5. The Labute approximate surface area is 177 Å². The Hall–Kier alpha value is -2.70. The van der Waals surface area contributed by atoms with E-state index in [1.54, 1.807) is 0 Å². The quantitative estimate of drug-likeness (QED) is 0.644. The minimum atomic E-state index is 0.121. The van der Waals surface area contributed by atoms with Gasteiger partial charge in [-0.3, -0.25) is 9.80 Å². The van der Waals surface area contributed by atoms with Crippen molar-refractivity contribution in [2.45, 2.75) is 32.9 Å². The van der Waals surface area contributed by atoms with Crippen LogP contribution in [0.1, 0.15) is 35.5 Å². The Morgan fingerprint density at radius 3 is 2.73 bits per heavy atom. The van der Waals surface area contributed by atoms with Crippen LogP contribution in [-0.2, 0) is 13.0 Å². The van der Waals surface area contributed by atoms with Crippen molar-refractivity contribution in [2.75, 3.05) is 32.8 Å². The molecular weight excluding hydrogens is 376 g/mol. The summed E-state index contributed by atoms with van der Waals surface area (Å²) in [5.74, 6) is 2.35. The van der Waals surface area contributed by atoms with Crippen molar-refractivity contribution in [1.82, 2.24) is 20.0 Å². The molecule has 1 saturated heterocycles. The van der Waals surface area contributed by atoms with Gasteiger partial charge in [-0.15, -0.1) is 10.2 Å². The Balaban J connectivity index is 1.18. The van der Waals surface area contributed by atoms with E-state index in [2.05, 4.69) is 64.2 Å². The second-order valence-corrected chi connectivity index (χ2v) is 8.34. The highest BCUT2D eigenvalue weighted by Gasteiger charge is 2.26. The van der Waals surface area contributed by atoms with Gasteiger partial charge in [0.15, 0.2) is 0 Å². The molecule has 2 aliphatic heterocycles.